The van der Waals surface area contributed by atoms with Gasteiger partial charge >= 0.3 is 5.97 Å². The third-order valence-corrected chi connectivity index (χ3v) is 2.28. The largest absolute Gasteiger partial charge is 0.475 e. The average Bonchev–Trinajstić information content (AvgIpc) is 2.34. The molecule has 0 aliphatic heterocycles. The van der Waals surface area contributed by atoms with Crippen LogP contribution in [0.4, 0.5) is 4.39 Å². The van der Waals surface area contributed by atoms with E-state index in [4.69, 9.17) is 15.3 Å². The number of aliphatic hydroxyl groups is 5. The molecule has 0 amide bonds. The fourth-order valence-electron chi connectivity index (χ4n) is 1.15. The first-order valence-electron chi connectivity index (χ1n) is 4.94. The summed E-state index contributed by atoms with van der Waals surface area (Å²) in [5.74, 6) is -3.24. The minimum Gasteiger partial charge on any atom is -0.475 e. The van der Waals surface area contributed by atoms with Crippen molar-refractivity contribution in [2.24, 2.45) is 0 Å². The average molecular weight is 270 g/mol. The number of carboxylic acids is 1. The summed E-state index contributed by atoms with van der Waals surface area (Å²) >= 11 is 0. The molecule has 0 rings (SSSR count). The quantitative estimate of drug-likeness (QED) is 0.252. The molecule has 0 radical (unpaired) electrons. The molecule has 9 heteroatoms. The van der Waals surface area contributed by atoms with Gasteiger partial charge < -0.3 is 30.6 Å². The molecule has 6 N–H and O–H groups in total. The van der Waals surface area contributed by atoms with Gasteiger partial charge in [0.05, 0.1) is 6.10 Å². The summed E-state index contributed by atoms with van der Waals surface area (Å²) in [5.41, 5.74) is 0. The van der Waals surface area contributed by atoms with Crippen LogP contribution in [0.5, 0.6) is 0 Å². The summed E-state index contributed by atoms with van der Waals surface area (Å²) in [6.45, 7) is -1.39. The highest BCUT2D eigenvalue weighted by Gasteiger charge is 2.35. The Labute approximate surface area is 101 Å². The van der Waals surface area contributed by atoms with Crippen molar-refractivity contribution in [2.75, 3.05) is 6.67 Å². The van der Waals surface area contributed by atoms with Gasteiger partial charge in [-0.25, -0.2) is 9.18 Å². The maximum atomic E-state index is 12.0. The number of aliphatic carboxylic acids is 1. The van der Waals surface area contributed by atoms with E-state index in [0.717, 1.165) is 0 Å². The topological polar surface area (TPSA) is 156 Å². The van der Waals surface area contributed by atoms with Crippen LogP contribution in [0.15, 0.2) is 0 Å². The zero-order chi connectivity index (χ0) is 14.5. The molecule has 0 fully saturated rings. The van der Waals surface area contributed by atoms with Crippen molar-refractivity contribution in [3.8, 4) is 0 Å². The second kappa shape index (κ2) is 7.34. The number of hydrogen-bond acceptors (Lipinski definition) is 7. The molecular weight excluding hydrogens is 255 g/mol. The van der Waals surface area contributed by atoms with Gasteiger partial charge in [0.25, 0.3) is 0 Å². The van der Waals surface area contributed by atoms with Gasteiger partial charge in [0, 0.05) is 6.42 Å². The fourth-order valence-corrected chi connectivity index (χ4v) is 1.15. The lowest BCUT2D eigenvalue weighted by atomic mass is 9.97. The maximum absolute atomic E-state index is 12.0. The molecule has 0 spiro atoms. The van der Waals surface area contributed by atoms with Crippen molar-refractivity contribution in [1.82, 2.24) is 0 Å². The molecule has 0 bridgehead atoms. The minimum atomic E-state index is -2.13. The number of alkyl halides is 1. The third-order valence-electron chi connectivity index (χ3n) is 2.28. The minimum absolute atomic E-state index is 0.994. The van der Waals surface area contributed by atoms with Crippen molar-refractivity contribution in [3.63, 3.8) is 0 Å². The molecule has 0 saturated carbocycles. The molecule has 0 heterocycles. The lowest BCUT2D eigenvalue weighted by Crippen LogP contribution is -2.50. The van der Waals surface area contributed by atoms with Crippen LogP contribution in [-0.2, 0) is 9.59 Å². The van der Waals surface area contributed by atoms with E-state index < -0.39 is 55.4 Å². The summed E-state index contributed by atoms with van der Waals surface area (Å²) in [4.78, 5) is 20.9. The van der Waals surface area contributed by atoms with E-state index in [0.29, 0.717) is 0 Å². The van der Waals surface area contributed by atoms with Crippen LogP contribution in [0.25, 0.3) is 0 Å². The molecule has 106 valence electrons. The first-order valence-corrected chi connectivity index (χ1v) is 4.94. The van der Waals surface area contributed by atoms with Crippen LogP contribution >= 0.6 is 0 Å². The highest BCUT2D eigenvalue weighted by Crippen LogP contribution is 2.11. The van der Waals surface area contributed by atoms with Gasteiger partial charge in [0.2, 0.25) is 5.78 Å². The normalized spacial score (nSPS) is 19.7. The Morgan fingerprint density at radius 2 is 1.33 bits per heavy atom. The molecule has 8 nitrogen and oxygen atoms in total. The highest BCUT2D eigenvalue weighted by molar-refractivity contribution is 6.32. The summed E-state index contributed by atoms with van der Waals surface area (Å²) in [6, 6.07) is 0. The number of Topliss-reactive ketones (excluding diaryl/α,β-unsaturated/α-hetero) is 1. The van der Waals surface area contributed by atoms with Crippen molar-refractivity contribution in [2.45, 2.75) is 36.9 Å². The Hall–Kier alpha value is -1.13. The number of carbonyl (C=O) groups excluding carboxylic acids is 1. The summed E-state index contributed by atoms with van der Waals surface area (Å²) in [6.07, 6.45) is -11.3. The molecule has 0 aromatic carbocycles. The summed E-state index contributed by atoms with van der Waals surface area (Å²) < 4.78 is 12.0. The van der Waals surface area contributed by atoms with Crippen LogP contribution in [0.1, 0.15) is 6.42 Å². The van der Waals surface area contributed by atoms with Gasteiger partial charge in [-0.05, 0) is 0 Å². The molecule has 5 unspecified atom stereocenters. The molecule has 0 aliphatic rings. The van der Waals surface area contributed by atoms with E-state index in [-0.39, 0.29) is 0 Å². The smallest absolute Gasteiger partial charge is 0.372 e. The predicted octanol–water partition coefficient (Wildman–Crippen LogP) is -3.20. The standard InChI is InChI=1S/C9H15FO8/c10-2-5(13)7(15)8(16)6(14)3(11)1-4(12)9(17)18/h3,5-8,11,13-16H,1-2H2,(H,17,18). The first kappa shape index (κ1) is 16.9. The Morgan fingerprint density at radius 3 is 1.72 bits per heavy atom. The Balaban J connectivity index is 4.49. The maximum Gasteiger partial charge on any atom is 0.372 e. The van der Waals surface area contributed by atoms with Crippen molar-refractivity contribution < 1.29 is 44.6 Å². The van der Waals surface area contributed by atoms with Gasteiger partial charge in [0.1, 0.15) is 31.1 Å². The van der Waals surface area contributed by atoms with Gasteiger partial charge in [-0.1, -0.05) is 0 Å². The molecule has 5 atom stereocenters. The molecule has 0 aliphatic carbocycles. The predicted molar refractivity (Wildman–Crippen MR) is 53.3 cm³/mol. The lowest BCUT2D eigenvalue weighted by molar-refractivity contribution is -0.155. The molecule has 0 aromatic rings. The van der Waals surface area contributed by atoms with Gasteiger partial charge in [-0.15, -0.1) is 0 Å². The van der Waals surface area contributed by atoms with E-state index in [2.05, 4.69) is 0 Å². The third kappa shape index (κ3) is 4.63. The van der Waals surface area contributed by atoms with E-state index in [1.54, 1.807) is 0 Å². The van der Waals surface area contributed by atoms with Crippen molar-refractivity contribution in [1.29, 1.82) is 0 Å². The first-order chi connectivity index (χ1) is 8.22. The van der Waals surface area contributed by atoms with E-state index >= 15 is 0 Å². The molecule has 0 saturated heterocycles. The molecular formula is C9H15FO8. The number of halogens is 1. The number of hydrogen-bond donors (Lipinski definition) is 6. The summed E-state index contributed by atoms with van der Waals surface area (Å²) in [7, 11) is 0. The zero-order valence-corrected chi connectivity index (χ0v) is 9.18. The van der Waals surface area contributed by atoms with Gasteiger partial charge in [-0.3, -0.25) is 4.79 Å². The number of carboxylic acid groups (broad SMARTS) is 1. The second-order valence-electron chi connectivity index (χ2n) is 3.69. The van der Waals surface area contributed by atoms with E-state index in [9.17, 15) is 29.3 Å². The summed E-state index contributed by atoms with van der Waals surface area (Å²) in [5, 5.41) is 54.0. The Morgan fingerprint density at radius 1 is 0.889 bits per heavy atom. The second-order valence-corrected chi connectivity index (χ2v) is 3.69. The number of aliphatic hydroxyl groups excluding tert-OH is 5. The van der Waals surface area contributed by atoms with E-state index in [1.807, 2.05) is 0 Å². The molecule has 18 heavy (non-hydrogen) atoms. The number of carbonyl (C=O) groups is 2. The Kier molecular flexibility index (Phi) is 6.88. The van der Waals surface area contributed by atoms with Gasteiger partial charge in [-0.2, -0.15) is 0 Å². The van der Waals surface area contributed by atoms with Crippen molar-refractivity contribution >= 4 is 11.8 Å². The zero-order valence-electron chi connectivity index (χ0n) is 9.18. The SMILES string of the molecule is O=C(O)C(=O)CC(O)C(O)C(O)C(O)C(O)CF. The fraction of sp³-hybridized carbons (Fsp3) is 0.778. The highest BCUT2D eigenvalue weighted by atomic mass is 19.1. The van der Waals surface area contributed by atoms with Crippen LogP contribution in [0.2, 0.25) is 0 Å². The molecule has 0 aromatic heterocycles. The monoisotopic (exact) mass is 270 g/mol. The lowest BCUT2D eigenvalue weighted by Gasteiger charge is -2.27. The number of ketones is 1. The van der Waals surface area contributed by atoms with Crippen LogP contribution < -0.4 is 0 Å². The van der Waals surface area contributed by atoms with Gasteiger partial charge in [0.15, 0.2) is 0 Å². The van der Waals surface area contributed by atoms with Crippen LogP contribution in [0, 0.1) is 0 Å². The van der Waals surface area contributed by atoms with Crippen LogP contribution in [-0.4, -0.2) is 79.6 Å². The Bertz CT molecular complexity index is 296. The van der Waals surface area contributed by atoms with Crippen LogP contribution in [0.3, 0.4) is 0 Å². The van der Waals surface area contributed by atoms with E-state index in [1.165, 1.54) is 0 Å². The number of rotatable bonds is 8. The van der Waals surface area contributed by atoms with Crippen molar-refractivity contribution in [3.05, 3.63) is 0 Å².